The Morgan fingerprint density at radius 2 is 1.90 bits per heavy atom. The minimum atomic E-state index is -1.07. The van der Waals surface area contributed by atoms with Crippen molar-refractivity contribution < 1.29 is 14.7 Å². The van der Waals surface area contributed by atoms with E-state index >= 15 is 0 Å². The van der Waals surface area contributed by atoms with Crippen LogP contribution in [0, 0.1) is 6.92 Å². The quantitative estimate of drug-likeness (QED) is 0.633. The zero-order valence-electron chi connectivity index (χ0n) is 12.1. The van der Waals surface area contributed by atoms with Crippen molar-refractivity contribution in [2.45, 2.75) is 33.1 Å². The van der Waals surface area contributed by atoms with Gasteiger partial charge in [-0.2, -0.15) is 0 Å². The van der Waals surface area contributed by atoms with Gasteiger partial charge in [0.15, 0.2) is 0 Å². The minimum absolute atomic E-state index is 0.0171. The normalized spacial score (nSPS) is 10.4. The van der Waals surface area contributed by atoms with Crippen LogP contribution in [0.5, 0.6) is 0 Å². The van der Waals surface area contributed by atoms with E-state index in [-0.39, 0.29) is 25.3 Å². The molecule has 0 aliphatic rings. The highest BCUT2D eigenvalue weighted by Crippen LogP contribution is 2.04. The molecule has 0 spiro atoms. The van der Waals surface area contributed by atoms with Crippen molar-refractivity contribution in [3.63, 3.8) is 0 Å². The first-order chi connectivity index (χ1) is 9.85. The molecule has 0 aliphatic carbocycles. The van der Waals surface area contributed by atoms with Crippen LogP contribution in [0.15, 0.2) is 9.59 Å². The van der Waals surface area contributed by atoms with Crippen LogP contribution in [0.1, 0.15) is 31.0 Å². The number of aromatic amines is 2. The van der Waals surface area contributed by atoms with Crippen molar-refractivity contribution in [3.8, 4) is 0 Å². The number of aryl methyl sites for hydroxylation is 1. The SMILES string of the molecule is CCCN(CC(=O)O)C(=O)CCc1c(C)[nH]c(=O)[nH]c1=O. The van der Waals surface area contributed by atoms with Crippen molar-refractivity contribution in [1.29, 1.82) is 0 Å². The molecule has 0 saturated carbocycles. The molecular weight excluding hydrogens is 278 g/mol. The minimum Gasteiger partial charge on any atom is -0.480 e. The molecule has 1 rings (SSSR count). The summed E-state index contributed by atoms with van der Waals surface area (Å²) < 4.78 is 0. The Labute approximate surface area is 120 Å². The Bertz CT molecular complexity index is 631. The van der Waals surface area contributed by atoms with E-state index in [1.165, 1.54) is 4.90 Å². The van der Waals surface area contributed by atoms with E-state index in [9.17, 15) is 19.2 Å². The molecule has 0 unspecified atom stereocenters. The van der Waals surface area contributed by atoms with E-state index in [4.69, 9.17) is 5.11 Å². The molecule has 1 aromatic heterocycles. The molecule has 8 heteroatoms. The van der Waals surface area contributed by atoms with E-state index in [2.05, 4.69) is 9.97 Å². The molecule has 0 saturated heterocycles. The summed E-state index contributed by atoms with van der Waals surface area (Å²) in [7, 11) is 0. The molecule has 1 aromatic rings. The Hall–Kier alpha value is -2.38. The standard InChI is InChI=1S/C13H19N3O5/c1-3-6-16(7-11(18)19)10(17)5-4-9-8(2)14-13(21)15-12(9)20/h3-7H2,1-2H3,(H,18,19)(H2,14,15,20,21). The van der Waals surface area contributed by atoms with Crippen LogP contribution in [-0.4, -0.2) is 44.9 Å². The highest BCUT2D eigenvalue weighted by Gasteiger charge is 2.17. The fourth-order valence-electron chi connectivity index (χ4n) is 2.04. The first-order valence-corrected chi connectivity index (χ1v) is 6.66. The van der Waals surface area contributed by atoms with Gasteiger partial charge in [-0.15, -0.1) is 0 Å². The third-order valence-electron chi connectivity index (χ3n) is 3.02. The summed E-state index contributed by atoms with van der Waals surface area (Å²) in [5.41, 5.74) is -0.373. The zero-order valence-corrected chi connectivity index (χ0v) is 12.1. The van der Waals surface area contributed by atoms with Gasteiger partial charge in [0.1, 0.15) is 6.54 Å². The molecule has 0 fully saturated rings. The van der Waals surface area contributed by atoms with Crippen molar-refractivity contribution >= 4 is 11.9 Å². The van der Waals surface area contributed by atoms with Gasteiger partial charge in [-0.3, -0.25) is 19.4 Å². The lowest BCUT2D eigenvalue weighted by molar-refractivity contribution is -0.144. The molecule has 116 valence electrons. The molecule has 0 aliphatic heterocycles. The summed E-state index contributed by atoms with van der Waals surface area (Å²) >= 11 is 0. The number of carbonyl (C=O) groups excluding carboxylic acids is 1. The molecule has 21 heavy (non-hydrogen) atoms. The van der Waals surface area contributed by atoms with Crippen LogP contribution in [0.4, 0.5) is 0 Å². The van der Waals surface area contributed by atoms with Crippen molar-refractivity contribution in [1.82, 2.24) is 14.9 Å². The largest absolute Gasteiger partial charge is 0.480 e. The Balaban J connectivity index is 2.77. The lowest BCUT2D eigenvalue weighted by Crippen LogP contribution is -2.37. The second kappa shape index (κ2) is 7.41. The van der Waals surface area contributed by atoms with Gasteiger partial charge in [-0.25, -0.2) is 4.79 Å². The van der Waals surface area contributed by atoms with Gasteiger partial charge in [0.25, 0.3) is 5.56 Å². The number of aromatic nitrogens is 2. The zero-order chi connectivity index (χ0) is 16.0. The van der Waals surface area contributed by atoms with Crippen LogP contribution < -0.4 is 11.2 Å². The molecule has 1 heterocycles. The number of carbonyl (C=O) groups is 2. The number of nitrogens with one attached hydrogen (secondary N) is 2. The molecule has 3 N–H and O–H groups in total. The first-order valence-electron chi connectivity index (χ1n) is 6.66. The summed E-state index contributed by atoms with van der Waals surface area (Å²) in [5, 5.41) is 8.77. The fraction of sp³-hybridized carbons (Fsp3) is 0.538. The number of nitrogens with zero attached hydrogens (tertiary/aromatic N) is 1. The maximum atomic E-state index is 12.0. The first kappa shape index (κ1) is 16.7. The van der Waals surface area contributed by atoms with E-state index in [1.807, 2.05) is 6.92 Å². The van der Waals surface area contributed by atoms with Gasteiger partial charge < -0.3 is 15.0 Å². The van der Waals surface area contributed by atoms with Crippen molar-refractivity contribution in [2.24, 2.45) is 0 Å². The highest BCUT2D eigenvalue weighted by atomic mass is 16.4. The second-order valence-corrected chi connectivity index (χ2v) is 4.72. The molecular formula is C13H19N3O5. The predicted molar refractivity (Wildman–Crippen MR) is 75.2 cm³/mol. The highest BCUT2D eigenvalue weighted by molar-refractivity contribution is 5.81. The molecule has 1 amide bonds. The third kappa shape index (κ3) is 4.90. The van der Waals surface area contributed by atoms with Crippen LogP contribution in [0.2, 0.25) is 0 Å². The number of carboxylic acid groups (broad SMARTS) is 1. The number of H-pyrrole nitrogens is 2. The number of amides is 1. The van der Waals surface area contributed by atoms with Crippen molar-refractivity contribution in [2.75, 3.05) is 13.1 Å². The van der Waals surface area contributed by atoms with Crippen LogP contribution in [0.25, 0.3) is 0 Å². The Morgan fingerprint density at radius 1 is 1.24 bits per heavy atom. The average Bonchev–Trinajstić information content (AvgIpc) is 2.36. The summed E-state index contributed by atoms with van der Waals surface area (Å²) in [6.45, 7) is 3.43. The summed E-state index contributed by atoms with van der Waals surface area (Å²) in [6.07, 6.45) is 0.817. The topological polar surface area (TPSA) is 123 Å². The Morgan fingerprint density at radius 3 is 2.43 bits per heavy atom. The van der Waals surface area contributed by atoms with Gasteiger partial charge in [0.2, 0.25) is 5.91 Å². The van der Waals surface area contributed by atoms with Crippen LogP contribution >= 0.6 is 0 Å². The molecule has 0 aromatic carbocycles. The van der Waals surface area contributed by atoms with Crippen LogP contribution in [0.3, 0.4) is 0 Å². The predicted octanol–water partition coefficient (Wildman–Crippen LogP) is -0.373. The van der Waals surface area contributed by atoms with Gasteiger partial charge in [-0.05, 0) is 19.8 Å². The van der Waals surface area contributed by atoms with Gasteiger partial charge in [0, 0.05) is 24.2 Å². The van der Waals surface area contributed by atoms with Crippen LogP contribution in [-0.2, 0) is 16.0 Å². The smallest absolute Gasteiger partial charge is 0.325 e. The van der Waals surface area contributed by atoms with Gasteiger partial charge in [0.05, 0.1) is 0 Å². The number of rotatable bonds is 7. The molecule has 0 atom stereocenters. The Kier molecular flexibility index (Phi) is 5.89. The number of hydrogen-bond donors (Lipinski definition) is 3. The lowest BCUT2D eigenvalue weighted by atomic mass is 10.1. The summed E-state index contributed by atoms with van der Waals surface area (Å²) in [5.74, 6) is -1.40. The molecule has 0 radical (unpaired) electrons. The molecule has 0 bridgehead atoms. The third-order valence-corrected chi connectivity index (χ3v) is 3.02. The summed E-state index contributed by atoms with van der Waals surface area (Å²) in [6, 6.07) is 0. The van der Waals surface area contributed by atoms with Crippen molar-refractivity contribution in [3.05, 3.63) is 32.1 Å². The maximum absolute atomic E-state index is 12.0. The van der Waals surface area contributed by atoms with E-state index < -0.39 is 17.2 Å². The average molecular weight is 297 g/mol. The van der Waals surface area contributed by atoms with E-state index in [0.29, 0.717) is 24.2 Å². The lowest BCUT2D eigenvalue weighted by Gasteiger charge is -2.19. The molecule has 8 nitrogen and oxygen atoms in total. The maximum Gasteiger partial charge on any atom is 0.325 e. The number of hydrogen-bond acceptors (Lipinski definition) is 4. The second-order valence-electron chi connectivity index (χ2n) is 4.72. The monoisotopic (exact) mass is 297 g/mol. The van der Waals surface area contributed by atoms with E-state index in [1.54, 1.807) is 6.92 Å². The van der Waals surface area contributed by atoms with Gasteiger partial charge >= 0.3 is 11.7 Å². The number of carboxylic acids is 1. The number of aliphatic carboxylic acids is 1. The van der Waals surface area contributed by atoms with Gasteiger partial charge in [-0.1, -0.05) is 6.92 Å². The van der Waals surface area contributed by atoms with E-state index in [0.717, 1.165) is 0 Å². The summed E-state index contributed by atoms with van der Waals surface area (Å²) in [4.78, 5) is 51.3. The fourth-order valence-corrected chi connectivity index (χ4v) is 2.04.